The quantitative estimate of drug-likeness (QED) is 0.866. The number of hydrogen-bond donors (Lipinski definition) is 1. The maximum Gasteiger partial charge on any atom is 0.121 e. The van der Waals surface area contributed by atoms with Gasteiger partial charge in [-0.2, -0.15) is 11.3 Å². The number of thiophene rings is 1. The highest BCUT2D eigenvalue weighted by Gasteiger charge is 2.04. The van der Waals surface area contributed by atoms with Gasteiger partial charge in [-0.05, 0) is 29.4 Å². The van der Waals surface area contributed by atoms with Gasteiger partial charge in [-0.25, -0.2) is 0 Å². The van der Waals surface area contributed by atoms with E-state index in [1.165, 1.54) is 5.56 Å². The minimum absolute atomic E-state index is 0.917. The van der Waals surface area contributed by atoms with E-state index in [2.05, 4.69) is 32.3 Å². The number of nitrogens with zero attached hydrogens (tertiary/aromatic N) is 2. The Morgan fingerprint density at radius 2 is 2.20 bits per heavy atom. The molecule has 80 valence electrons. The van der Waals surface area contributed by atoms with E-state index in [0.29, 0.717) is 0 Å². The van der Waals surface area contributed by atoms with Crippen LogP contribution in [0.25, 0.3) is 0 Å². The summed E-state index contributed by atoms with van der Waals surface area (Å²) in [4.78, 5) is 0. The van der Waals surface area contributed by atoms with E-state index in [1.807, 2.05) is 7.05 Å². The highest BCUT2D eigenvalue weighted by atomic mass is 32.1. The molecule has 1 N–H and O–H groups in total. The van der Waals surface area contributed by atoms with Gasteiger partial charge in [-0.1, -0.05) is 0 Å². The van der Waals surface area contributed by atoms with E-state index in [0.717, 1.165) is 29.4 Å². The first kappa shape index (κ1) is 10.7. The van der Waals surface area contributed by atoms with Crippen molar-refractivity contribution in [1.82, 2.24) is 15.5 Å². The van der Waals surface area contributed by atoms with Crippen molar-refractivity contribution >= 4 is 22.7 Å². The van der Waals surface area contributed by atoms with E-state index in [9.17, 15) is 0 Å². The monoisotopic (exact) mass is 239 g/mol. The number of nitrogens with one attached hydrogen (secondary N) is 1. The van der Waals surface area contributed by atoms with Gasteiger partial charge in [-0.15, -0.1) is 21.5 Å². The molecule has 0 unspecified atom stereocenters. The van der Waals surface area contributed by atoms with Crippen LogP contribution in [-0.2, 0) is 12.8 Å². The van der Waals surface area contributed by atoms with Crippen LogP contribution < -0.4 is 5.32 Å². The molecule has 0 saturated heterocycles. The van der Waals surface area contributed by atoms with Crippen LogP contribution in [0.15, 0.2) is 16.8 Å². The summed E-state index contributed by atoms with van der Waals surface area (Å²) in [6.07, 6.45) is 1.89. The molecule has 0 aromatic carbocycles. The Hall–Kier alpha value is -0.780. The van der Waals surface area contributed by atoms with Crippen molar-refractivity contribution in [2.75, 3.05) is 13.6 Å². The van der Waals surface area contributed by atoms with Crippen LogP contribution in [0, 0.1) is 0 Å². The molecule has 15 heavy (non-hydrogen) atoms. The molecule has 0 aliphatic carbocycles. The van der Waals surface area contributed by atoms with Crippen LogP contribution in [0.2, 0.25) is 0 Å². The lowest BCUT2D eigenvalue weighted by Gasteiger charge is -1.92. The lowest BCUT2D eigenvalue weighted by atomic mass is 10.3. The average Bonchev–Trinajstić information content (AvgIpc) is 2.87. The Morgan fingerprint density at radius 3 is 2.93 bits per heavy atom. The Bertz CT molecular complexity index is 394. The maximum absolute atomic E-state index is 4.19. The van der Waals surface area contributed by atoms with Gasteiger partial charge in [0.25, 0.3) is 0 Å². The van der Waals surface area contributed by atoms with Crippen LogP contribution in [0.4, 0.5) is 0 Å². The topological polar surface area (TPSA) is 37.8 Å². The molecule has 0 aliphatic heterocycles. The molecule has 0 saturated carbocycles. The third-order valence-electron chi connectivity index (χ3n) is 2.03. The first-order valence-electron chi connectivity index (χ1n) is 4.85. The molecule has 0 aliphatic rings. The Morgan fingerprint density at radius 1 is 1.33 bits per heavy atom. The smallest absolute Gasteiger partial charge is 0.121 e. The molecule has 0 amide bonds. The fraction of sp³-hybridized carbons (Fsp3) is 0.400. The van der Waals surface area contributed by atoms with Gasteiger partial charge in [0, 0.05) is 19.4 Å². The third kappa shape index (κ3) is 3.09. The van der Waals surface area contributed by atoms with Crippen molar-refractivity contribution in [1.29, 1.82) is 0 Å². The zero-order chi connectivity index (χ0) is 10.5. The van der Waals surface area contributed by atoms with E-state index in [-0.39, 0.29) is 0 Å². The van der Waals surface area contributed by atoms with Gasteiger partial charge in [0.2, 0.25) is 0 Å². The van der Waals surface area contributed by atoms with Crippen molar-refractivity contribution in [3.8, 4) is 0 Å². The fourth-order valence-corrected chi connectivity index (χ4v) is 2.81. The Balaban J connectivity index is 1.95. The van der Waals surface area contributed by atoms with Crippen molar-refractivity contribution in [3.63, 3.8) is 0 Å². The summed E-state index contributed by atoms with van der Waals surface area (Å²) < 4.78 is 0. The molecule has 0 spiro atoms. The Kier molecular flexibility index (Phi) is 3.82. The minimum Gasteiger partial charge on any atom is -0.319 e. The summed E-state index contributed by atoms with van der Waals surface area (Å²) in [6, 6.07) is 2.14. The van der Waals surface area contributed by atoms with Crippen molar-refractivity contribution < 1.29 is 0 Å². The summed E-state index contributed by atoms with van der Waals surface area (Å²) in [7, 11) is 1.95. The lowest BCUT2D eigenvalue weighted by molar-refractivity contribution is 0.777. The summed E-state index contributed by atoms with van der Waals surface area (Å²) in [5, 5.41) is 18.0. The minimum atomic E-state index is 0.917. The average molecular weight is 239 g/mol. The molecule has 2 heterocycles. The molecule has 2 rings (SSSR count). The van der Waals surface area contributed by atoms with Gasteiger partial charge in [0.15, 0.2) is 0 Å². The number of rotatable bonds is 5. The largest absolute Gasteiger partial charge is 0.319 e. The van der Waals surface area contributed by atoms with Crippen LogP contribution in [0.5, 0.6) is 0 Å². The first-order valence-corrected chi connectivity index (χ1v) is 6.61. The van der Waals surface area contributed by atoms with Crippen molar-refractivity contribution in [3.05, 3.63) is 32.4 Å². The predicted molar refractivity (Wildman–Crippen MR) is 64.7 cm³/mol. The number of likely N-dealkylation sites (N-methyl/N-ethyl adjacent to an activating group) is 1. The van der Waals surface area contributed by atoms with E-state index >= 15 is 0 Å². The third-order valence-corrected chi connectivity index (χ3v) is 3.75. The van der Waals surface area contributed by atoms with Crippen molar-refractivity contribution in [2.24, 2.45) is 0 Å². The maximum atomic E-state index is 4.19. The Labute approximate surface area is 97.2 Å². The molecule has 0 radical (unpaired) electrons. The zero-order valence-electron chi connectivity index (χ0n) is 8.56. The highest BCUT2D eigenvalue weighted by molar-refractivity contribution is 7.11. The summed E-state index contributed by atoms with van der Waals surface area (Å²) >= 11 is 3.44. The molecule has 0 fully saturated rings. The standard InChI is InChI=1S/C10H13N3S2/c1-11-4-2-9-12-13-10(15-9)6-8-3-5-14-7-8/h3,5,7,11H,2,4,6H2,1H3. The molecular weight excluding hydrogens is 226 g/mol. The van der Waals surface area contributed by atoms with E-state index < -0.39 is 0 Å². The van der Waals surface area contributed by atoms with Gasteiger partial charge in [-0.3, -0.25) is 0 Å². The number of aromatic nitrogens is 2. The molecule has 0 bridgehead atoms. The second-order valence-electron chi connectivity index (χ2n) is 3.25. The summed E-state index contributed by atoms with van der Waals surface area (Å²) in [5.74, 6) is 0. The van der Waals surface area contributed by atoms with E-state index in [1.54, 1.807) is 22.7 Å². The summed E-state index contributed by atoms with van der Waals surface area (Å²) in [5.41, 5.74) is 1.33. The van der Waals surface area contributed by atoms with Gasteiger partial charge >= 0.3 is 0 Å². The number of hydrogen-bond acceptors (Lipinski definition) is 5. The highest BCUT2D eigenvalue weighted by Crippen LogP contribution is 2.16. The SMILES string of the molecule is CNCCc1nnc(Cc2ccsc2)s1. The molecule has 2 aromatic rings. The van der Waals surface area contributed by atoms with Gasteiger partial charge in [0.05, 0.1) is 0 Å². The van der Waals surface area contributed by atoms with Gasteiger partial charge in [0.1, 0.15) is 10.0 Å². The normalized spacial score (nSPS) is 10.7. The van der Waals surface area contributed by atoms with Crippen LogP contribution >= 0.6 is 22.7 Å². The molecule has 3 nitrogen and oxygen atoms in total. The molecule has 2 aromatic heterocycles. The fourth-order valence-electron chi connectivity index (χ4n) is 1.26. The van der Waals surface area contributed by atoms with Crippen LogP contribution in [-0.4, -0.2) is 23.8 Å². The van der Waals surface area contributed by atoms with Crippen LogP contribution in [0.3, 0.4) is 0 Å². The molecular formula is C10H13N3S2. The lowest BCUT2D eigenvalue weighted by Crippen LogP contribution is -2.09. The van der Waals surface area contributed by atoms with E-state index in [4.69, 9.17) is 0 Å². The predicted octanol–water partition coefficient (Wildman–Crippen LogP) is 1.95. The van der Waals surface area contributed by atoms with Crippen molar-refractivity contribution in [2.45, 2.75) is 12.8 Å². The van der Waals surface area contributed by atoms with Crippen LogP contribution in [0.1, 0.15) is 15.6 Å². The zero-order valence-corrected chi connectivity index (χ0v) is 10.2. The molecule has 5 heteroatoms. The van der Waals surface area contributed by atoms with Gasteiger partial charge < -0.3 is 5.32 Å². The first-order chi connectivity index (χ1) is 7.38. The second-order valence-corrected chi connectivity index (χ2v) is 5.18. The second kappa shape index (κ2) is 5.34. The molecule has 0 atom stereocenters. The summed E-state index contributed by atoms with van der Waals surface area (Å²) in [6.45, 7) is 0.965.